The zero-order valence-electron chi connectivity index (χ0n) is 6.66. The van der Waals surface area contributed by atoms with Crippen molar-refractivity contribution in [3.63, 3.8) is 0 Å². The number of nitrogens with zero attached hydrogens (tertiary/aromatic N) is 1. The lowest BCUT2D eigenvalue weighted by molar-refractivity contribution is -0.127. The maximum atomic E-state index is 11.1. The van der Waals surface area contributed by atoms with E-state index in [1.54, 1.807) is 6.08 Å². The van der Waals surface area contributed by atoms with Gasteiger partial charge in [0.2, 0.25) is 5.91 Å². The van der Waals surface area contributed by atoms with E-state index in [0.29, 0.717) is 6.04 Å². The van der Waals surface area contributed by atoms with Crippen molar-refractivity contribution in [3.8, 4) is 0 Å². The first kappa shape index (κ1) is 7.32. The molecule has 0 saturated heterocycles. The predicted molar refractivity (Wildman–Crippen MR) is 40.6 cm³/mol. The van der Waals surface area contributed by atoms with Crippen LogP contribution in [0.15, 0.2) is 12.2 Å². The molecule has 1 amide bonds. The molecule has 0 saturated carbocycles. The molecule has 0 spiro atoms. The molecule has 10 heavy (non-hydrogen) atoms. The molecule has 1 atom stereocenters. The summed E-state index contributed by atoms with van der Waals surface area (Å²) in [5, 5.41) is 0. The highest BCUT2D eigenvalue weighted by Gasteiger charge is 2.23. The van der Waals surface area contributed by atoms with Gasteiger partial charge < -0.3 is 4.90 Å². The first-order valence-corrected chi connectivity index (χ1v) is 3.63. The van der Waals surface area contributed by atoms with Crippen LogP contribution >= 0.6 is 0 Å². The summed E-state index contributed by atoms with van der Waals surface area (Å²) in [7, 11) is 0. The van der Waals surface area contributed by atoms with Gasteiger partial charge >= 0.3 is 0 Å². The monoisotopic (exact) mass is 139 g/mol. The molecule has 1 rings (SSSR count). The highest BCUT2D eigenvalue weighted by atomic mass is 16.2. The van der Waals surface area contributed by atoms with Crippen molar-refractivity contribution in [2.45, 2.75) is 32.9 Å². The van der Waals surface area contributed by atoms with Gasteiger partial charge in [-0.05, 0) is 20.8 Å². The molecule has 2 nitrogen and oxygen atoms in total. The van der Waals surface area contributed by atoms with E-state index in [1.165, 1.54) is 0 Å². The van der Waals surface area contributed by atoms with Gasteiger partial charge in [-0.1, -0.05) is 6.08 Å². The van der Waals surface area contributed by atoms with Gasteiger partial charge in [0.05, 0.1) is 0 Å². The molecule has 0 fully saturated rings. The Morgan fingerprint density at radius 1 is 1.60 bits per heavy atom. The summed E-state index contributed by atoms with van der Waals surface area (Å²) in [4.78, 5) is 12.9. The quantitative estimate of drug-likeness (QED) is 0.534. The molecule has 0 radical (unpaired) electrons. The number of rotatable bonds is 1. The Balaban J connectivity index is 2.69. The van der Waals surface area contributed by atoms with Crippen LogP contribution in [0, 0.1) is 0 Å². The minimum Gasteiger partial charge on any atom is -0.331 e. The normalized spacial score (nSPS) is 25.0. The summed E-state index contributed by atoms with van der Waals surface area (Å²) >= 11 is 0. The number of hydrogen-bond acceptors (Lipinski definition) is 1. The van der Waals surface area contributed by atoms with Crippen LogP contribution < -0.4 is 0 Å². The fraction of sp³-hybridized carbons (Fsp3) is 0.625. The SMILES string of the molecule is CC(C)N1C(=O)C=C[C@H]1C. The van der Waals surface area contributed by atoms with Crippen LogP contribution in [0.4, 0.5) is 0 Å². The largest absolute Gasteiger partial charge is 0.331 e. The third kappa shape index (κ3) is 1.06. The van der Waals surface area contributed by atoms with E-state index in [2.05, 4.69) is 0 Å². The molecular formula is C8H13NO. The lowest BCUT2D eigenvalue weighted by atomic mass is 10.2. The van der Waals surface area contributed by atoms with Crippen molar-refractivity contribution < 1.29 is 4.79 Å². The van der Waals surface area contributed by atoms with Gasteiger partial charge in [0.15, 0.2) is 0 Å². The molecule has 0 unspecified atom stereocenters. The molecule has 1 aliphatic heterocycles. The summed E-state index contributed by atoms with van der Waals surface area (Å²) in [6.45, 7) is 6.09. The molecule has 1 heterocycles. The minimum atomic E-state index is 0.141. The topological polar surface area (TPSA) is 20.3 Å². The van der Waals surface area contributed by atoms with Crippen LogP contribution in [0.3, 0.4) is 0 Å². The van der Waals surface area contributed by atoms with Gasteiger partial charge in [0.25, 0.3) is 0 Å². The highest BCUT2D eigenvalue weighted by molar-refractivity contribution is 5.90. The number of hydrogen-bond donors (Lipinski definition) is 0. The zero-order valence-corrected chi connectivity index (χ0v) is 6.66. The van der Waals surface area contributed by atoms with Crippen LogP contribution in [0.5, 0.6) is 0 Å². The molecule has 0 aromatic carbocycles. The van der Waals surface area contributed by atoms with Crippen molar-refractivity contribution in [1.82, 2.24) is 4.90 Å². The molecule has 1 aliphatic rings. The zero-order chi connectivity index (χ0) is 7.72. The summed E-state index contributed by atoms with van der Waals surface area (Å²) < 4.78 is 0. The third-order valence-electron chi connectivity index (χ3n) is 1.77. The van der Waals surface area contributed by atoms with Crippen LogP contribution in [0.1, 0.15) is 20.8 Å². The van der Waals surface area contributed by atoms with E-state index in [9.17, 15) is 4.79 Å². The van der Waals surface area contributed by atoms with E-state index in [1.807, 2.05) is 31.7 Å². The van der Waals surface area contributed by atoms with Gasteiger partial charge in [-0.2, -0.15) is 0 Å². The van der Waals surface area contributed by atoms with Crippen molar-refractivity contribution in [2.24, 2.45) is 0 Å². The van der Waals surface area contributed by atoms with Gasteiger partial charge in [-0.25, -0.2) is 0 Å². The van der Waals surface area contributed by atoms with E-state index in [4.69, 9.17) is 0 Å². The average Bonchev–Trinajstić information content (AvgIpc) is 2.11. The molecule has 0 aromatic heterocycles. The second kappa shape index (κ2) is 2.45. The van der Waals surface area contributed by atoms with Gasteiger partial charge in [-0.3, -0.25) is 4.79 Å². The van der Waals surface area contributed by atoms with Crippen LogP contribution in [-0.2, 0) is 4.79 Å². The maximum Gasteiger partial charge on any atom is 0.247 e. The lowest BCUT2D eigenvalue weighted by Gasteiger charge is -2.25. The first-order chi connectivity index (χ1) is 4.63. The van der Waals surface area contributed by atoms with E-state index < -0.39 is 0 Å². The Morgan fingerprint density at radius 3 is 2.40 bits per heavy atom. The molecule has 0 N–H and O–H groups in total. The third-order valence-corrected chi connectivity index (χ3v) is 1.77. The first-order valence-electron chi connectivity index (χ1n) is 3.63. The Bertz CT molecular complexity index is 172. The summed E-state index contributed by atoms with van der Waals surface area (Å²) in [6, 6.07) is 0.602. The fourth-order valence-corrected chi connectivity index (χ4v) is 1.33. The van der Waals surface area contributed by atoms with Crippen LogP contribution in [0.25, 0.3) is 0 Å². The maximum absolute atomic E-state index is 11.1. The van der Waals surface area contributed by atoms with Crippen molar-refractivity contribution in [3.05, 3.63) is 12.2 Å². The molecule has 0 aromatic rings. The summed E-state index contributed by atoms with van der Waals surface area (Å²) in [6.07, 6.45) is 3.58. The minimum absolute atomic E-state index is 0.141. The van der Waals surface area contributed by atoms with Crippen LogP contribution in [0.2, 0.25) is 0 Å². The highest BCUT2D eigenvalue weighted by Crippen LogP contribution is 2.13. The second-order valence-electron chi connectivity index (χ2n) is 2.94. The second-order valence-corrected chi connectivity index (χ2v) is 2.94. The van der Waals surface area contributed by atoms with Gasteiger partial charge in [0, 0.05) is 18.2 Å². The number of amides is 1. The van der Waals surface area contributed by atoms with E-state index >= 15 is 0 Å². The number of carbonyl (C=O) groups is 1. The Hall–Kier alpha value is -0.790. The van der Waals surface area contributed by atoms with Crippen LogP contribution in [-0.4, -0.2) is 22.9 Å². The fourth-order valence-electron chi connectivity index (χ4n) is 1.33. The molecule has 0 bridgehead atoms. The molecule has 56 valence electrons. The Labute approximate surface area is 61.5 Å². The lowest BCUT2D eigenvalue weighted by Crippen LogP contribution is -2.37. The average molecular weight is 139 g/mol. The van der Waals surface area contributed by atoms with Gasteiger partial charge in [-0.15, -0.1) is 0 Å². The van der Waals surface area contributed by atoms with Gasteiger partial charge in [0.1, 0.15) is 0 Å². The molecular weight excluding hydrogens is 126 g/mol. The summed E-state index contributed by atoms with van der Waals surface area (Å²) in [5.74, 6) is 0.141. The predicted octanol–water partition coefficient (Wildman–Crippen LogP) is 1.18. The molecule has 0 aliphatic carbocycles. The standard InChI is InChI=1S/C8H13NO/c1-6(2)9-7(3)4-5-8(9)10/h4-7H,1-3H3/t7-/m1/s1. The Morgan fingerprint density at radius 2 is 2.20 bits per heavy atom. The van der Waals surface area contributed by atoms with Crippen molar-refractivity contribution >= 4 is 5.91 Å². The summed E-state index contributed by atoms with van der Waals surface area (Å²) in [5.41, 5.74) is 0. The Kier molecular flexibility index (Phi) is 1.79. The van der Waals surface area contributed by atoms with E-state index in [0.717, 1.165) is 0 Å². The van der Waals surface area contributed by atoms with Crippen molar-refractivity contribution in [1.29, 1.82) is 0 Å². The smallest absolute Gasteiger partial charge is 0.247 e. The van der Waals surface area contributed by atoms with E-state index in [-0.39, 0.29) is 11.9 Å². The molecule has 2 heteroatoms. The number of carbonyl (C=O) groups excluding carboxylic acids is 1. The van der Waals surface area contributed by atoms with Crippen molar-refractivity contribution in [2.75, 3.05) is 0 Å².